The van der Waals surface area contributed by atoms with Crippen molar-refractivity contribution in [3.8, 4) is 0 Å². The summed E-state index contributed by atoms with van der Waals surface area (Å²) in [5.41, 5.74) is 2.18. The third-order valence-corrected chi connectivity index (χ3v) is 3.78. The zero-order valence-corrected chi connectivity index (χ0v) is 10.1. The average Bonchev–Trinajstić information content (AvgIpc) is 2.84. The van der Waals surface area contributed by atoms with Crippen LogP contribution < -0.4 is 10.6 Å². The molecular weight excluding hydrogens is 212 g/mol. The van der Waals surface area contributed by atoms with Gasteiger partial charge >= 0.3 is 0 Å². The van der Waals surface area contributed by atoms with Crippen LogP contribution in [0.3, 0.4) is 0 Å². The van der Waals surface area contributed by atoms with Crippen molar-refractivity contribution < 1.29 is 0 Å². The Labute approximate surface area is 101 Å². The highest BCUT2D eigenvalue weighted by molar-refractivity contribution is 5.75. The Balaban J connectivity index is 2.05. The van der Waals surface area contributed by atoms with Crippen LogP contribution in [0, 0.1) is 0 Å². The van der Waals surface area contributed by atoms with E-state index in [0.29, 0.717) is 0 Å². The first-order valence-electron chi connectivity index (χ1n) is 6.19. The van der Waals surface area contributed by atoms with Crippen LogP contribution in [-0.4, -0.2) is 30.1 Å². The van der Waals surface area contributed by atoms with E-state index < -0.39 is 0 Å². The van der Waals surface area contributed by atoms with E-state index in [2.05, 4.69) is 27.8 Å². The van der Waals surface area contributed by atoms with Gasteiger partial charge in [0, 0.05) is 0 Å². The van der Waals surface area contributed by atoms with Crippen LogP contribution in [0.4, 0.5) is 0 Å². The quantitative estimate of drug-likeness (QED) is 0.730. The SMILES string of the molecule is CNC1(c2nc3ccccc3[nH]2)CCNCC1. The molecule has 0 aliphatic carbocycles. The van der Waals surface area contributed by atoms with E-state index in [1.165, 1.54) is 0 Å². The number of fused-ring (bicyclic) bond motifs is 1. The molecule has 3 N–H and O–H groups in total. The Morgan fingerprint density at radius 2 is 2.00 bits per heavy atom. The smallest absolute Gasteiger partial charge is 0.127 e. The topological polar surface area (TPSA) is 52.7 Å². The van der Waals surface area contributed by atoms with E-state index >= 15 is 0 Å². The number of aromatic amines is 1. The molecule has 0 radical (unpaired) electrons. The monoisotopic (exact) mass is 230 g/mol. The third kappa shape index (κ3) is 1.73. The highest BCUT2D eigenvalue weighted by atomic mass is 15.1. The minimum absolute atomic E-state index is 0.00424. The van der Waals surface area contributed by atoms with Crippen LogP contribution in [0.25, 0.3) is 11.0 Å². The Hall–Kier alpha value is -1.39. The van der Waals surface area contributed by atoms with Gasteiger partial charge in [0.05, 0.1) is 16.6 Å². The van der Waals surface area contributed by atoms with Gasteiger partial charge in [-0.1, -0.05) is 12.1 Å². The van der Waals surface area contributed by atoms with E-state index in [4.69, 9.17) is 4.98 Å². The van der Waals surface area contributed by atoms with E-state index in [1.807, 2.05) is 19.2 Å². The fourth-order valence-electron chi connectivity index (χ4n) is 2.64. The molecule has 1 aliphatic rings. The molecule has 1 fully saturated rings. The van der Waals surface area contributed by atoms with Gasteiger partial charge in [-0.2, -0.15) is 0 Å². The molecule has 2 heterocycles. The molecule has 0 amide bonds. The van der Waals surface area contributed by atoms with Gasteiger partial charge in [-0.15, -0.1) is 0 Å². The largest absolute Gasteiger partial charge is 0.340 e. The zero-order chi connectivity index (χ0) is 11.7. The molecule has 1 saturated heterocycles. The number of para-hydroxylation sites is 2. The summed E-state index contributed by atoms with van der Waals surface area (Å²) in [5.74, 6) is 1.07. The molecule has 4 nitrogen and oxygen atoms in total. The standard InChI is InChI=1S/C13H18N4/c1-14-13(6-8-15-9-7-13)12-16-10-4-2-3-5-11(10)17-12/h2-5,14-15H,6-9H2,1H3,(H,16,17). The van der Waals surface area contributed by atoms with Crippen LogP contribution in [0.2, 0.25) is 0 Å². The molecule has 0 unspecified atom stereocenters. The van der Waals surface area contributed by atoms with Crippen molar-refractivity contribution in [1.29, 1.82) is 0 Å². The minimum Gasteiger partial charge on any atom is -0.340 e. The van der Waals surface area contributed by atoms with Crippen molar-refractivity contribution in [2.75, 3.05) is 20.1 Å². The summed E-state index contributed by atoms with van der Waals surface area (Å²) in [5, 5.41) is 6.86. The molecule has 0 bridgehead atoms. The van der Waals surface area contributed by atoms with Gasteiger partial charge < -0.3 is 15.6 Å². The zero-order valence-electron chi connectivity index (χ0n) is 10.1. The lowest BCUT2D eigenvalue weighted by Crippen LogP contribution is -2.49. The lowest BCUT2D eigenvalue weighted by Gasteiger charge is -2.35. The van der Waals surface area contributed by atoms with Gasteiger partial charge in [-0.25, -0.2) is 4.98 Å². The van der Waals surface area contributed by atoms with Gasteiger partial charge in [0.15, 0.2) is 0 Å². The first kappa shape index (κ1) is 10.7. The lowest BCUT2D eigenvalue weighted by atomic mass is 9.88. The van der Waals surface area contributed by atoms with Crippen molar-refractivity contribution in [3.63, 3.8) is 0 Å². The normalized spacial score (nSPS) is 19.6. The number of nitrogens with zero attached hydrogens (tertiary/aromatic N) is 1. The molecule has 1 aromatic heterocycles. The fraction of sp³-hybridized carbons (Fsp3) is 0.462. The number of benzene rings is 1. The Kier molecular flexibility index (Phi) is 2.61. The number of aromatic nitrogens is 2. The summed E-state index contributed by atoms with van der Waals surface area (Å²) >= 11 is 0. The van der Waals surface area contributed by atoms with E-state index in [9.17, 15) is 0 Å². The number of hydrogen-bond donors (Lipinski definition) is 3. The number of hydrogen-bond acceptors (Lipinski definition) is 3. The second-order valence-electron chi connectivity index (χ2n) is 4.68. The molecule has 2 aromatic rings. The van der Waals surface area contributed by atoms with Gasteiger partial charge in [-0.05, 0) is 45.1 Å². The summed E-state index contributed by atoms with van der Waals surface area (Å²) in [7, 11) is 2.03. The molecular formula is C13H18N4. The number of piperidine rings is 1. The molecule has 17 heavy (non-hydrogen) atoms. The molecule has 4 heteroatoms. The van der Waals surface area contributed by atoms with Gasteiger partial charge in [0.2, 0.25) is 0 Å². The van der Waals surface area contributed by atoms with Crippen molar-refractivity contribution in [2.45, 2.75) is 18.4 Å². The van der Waals surface area contributed by atoms with Gasteiger partial charge in [0.25, 0.3) is 0 Å². The number of nitrogens with one attached hydrogen (secondary N) is 3. The Morgan fingerprint density at radius 3 is 2.71 bits per heavy atom. The predicted molar refractivity (Wildman–Crippen MR) is 68.9 cm³/mol. The molecule has 0 saturated carbocycles. The maximum atomic E-state index is 4.73. The molecule has 1 aromatic carbocycles. The highest BCUT2D eigenvalue weighted by Crippen LogP contribution is 2.29. The second kappa shape index (κ2) is 4.13. The van der Waals surface area contributed by atoms with E-state index in [-0.39, 0.29) is 5.54 Å². The molecule has 1 aliphatic heterocycles. The predicted octanol–water partition coefficient (Wildman–Crippen LogP) is 1.36. The Morgan fingerprint density at radius 1 is 1.24 bits per heavy atom. The highest BCUT2D eigenvalue weighted by Gasteiger charge is 2.34. The van der Waals surface area contributed by atoms with Crippen LogP contribution in [0.15, 0.2) is 24.3 Å². The maximum Gasteiger partial charge on any atom is 0.127 e. The van der Waals surface area contributed by atoms with Crippen molar-refractivity contribution in [1.82, 2.24) is 20.6 Å². The first-order valence-corrected chi connectivity index (χ1v) is 6.19. The van der Waals surface area contributed by atoms with Crippen LogP contribution >= 0.6 is 0 Å². The number of imidazole rings is 1. The van der Waals surface area contributed by atoms with Gasteiger partial charge in [-0.3, -0.25) is 0 Å². The molecule has 0 atom stereocenters. The summed E-state index contributed by atoms with van der Waals surface area (Å²) in [4.78, 5) is 8.19. The summed E-state index contributed by atoms with van der Waals surface area (Å²) in [6.45, 7) is 2.08. The minimum atomic E-state index is 0.00424. The van der Waals surface area contributed by atoms with E-state index in [0.717, 1.165) is 42.8 Å². The van der Waals surface area contributed by atoms with Crippen LogP contribution in [0.1, 0.15) is 18.7 Å². The Bertz CT molecular complexity index is 478. The fourth-order valence-corrected chi connectivity index (χ4v) is 2.64. The molecule has 0 spiro atoms. The van der Waals surface area contributed by atoms with Crippen LogP contribution in [-0.2, 0) is 5.54 Å². The lowest BCUT2D eigenvalue weighted by molar-refractivity contribution is 0.251. The number of H-pyrrole nitrogens is 1. The van der Waals surface area contributed by atoms with Crippen molar-refractivity contribution in [3.05, 3.63) is 30.1 Å². The van der Waals surface area contributed by atoms with Gasteiger partial charge in [0.1, 0.15) is 5.82 Å². The van der Waals surface area contributed by atoms with Crippen LogP contribution in [0.5, 0.6) is 0 Å². The first-order chi connectivity index (χ1) is 8.34. The second-order valence-corrected chi connectivity index (χ2v) is 4.68. The number of rotatable bonds is 2. The van der Waals surface area contributed by atoms with Crippen molar-refractivity contribution >= 4 is 11.0 Å². The molecule has 90 valence electrons. The third-order valence-electron chi connectivity index (χ3n) is 3.78. The average molecular weight is 230 g/mol. The summed E-state index contributed by atoms with van der Waals surface area (Å²) < 4.78 is 0. The van der Waals surface area contributed by atoms with E-state index in [1.54, 1.807) is 0 Å². The van der Waals surface area contributed by atoms with Crippen molar-refractivity contribution in [2.24, 2.45) is 0 Å². The maximum absolute atomic E-state index is 4.73. The summed E-state index contributed by atoms with van der Waals surface area (Å²) in [6.07, 6.45) is 2.15. The molecule has 3 rings (SSSR count). The summed E-state index contributed by atoms with van der Waals surface area (Å²) in [6, 6.07) is 8.20.